The molecule has 0 saturated heterocycles. The van der Waals surface area contributed by atoms with Gasteiger partial charge in [0.15, 0.2) is 5.69 Å². The number of methoxy groups -OCH3 is 1. The SMILES string of the molecule is COc1ccc(Cn2nnc(C(=O)O)c2COc2ccc(-c3ccc(Cl)c(Cl)c3)cc2)cc1. The number of benzene rings is 3. The van der Waals surface area contributed by atoms with E-state index in [9.17, 15) is 9.90 Å². The molecule has 4 rings (SSSR count). The quantitative estimate of drug-likeness (QED) is 0.351. The zero-order chi connectivity index (χ0) is 23.4. The number of carboxylic acids is 1. The first-order chi connectivity index (χ1) is 15.9. The number of aromatic nitrogens is 3. The van der Waals surface area contributed by atoms with Crippen molar-refractivity contribution in [2.45, 2.75) is 13.2 Å². The van der Waals surface area contributed by atoms with Crippen molar-refractivity contribution in [2.75, 3.05) is 7.11 Å². The standard InChI is InChI=1S/C24H19Cl2N3O4/c1-32-18-7-2-15(3-8-18)13-29-22(23(24(30)31)27-28-29)14-33-19-9-4-16(5-10-19)17-6-11-20(25)21(26)12-17/h2-12H,13-14H2,1H3,(H,30,31). The molecule has 0 amide bonds. The smallest absolute Gasteiger partial charge is 0.358 e. The van der Waals surface area contributed by atoms with Gasteiger partial charge in [-0.05, 0) is 53.1 Å². The molecule has 0 spiro atoms. The minimum Gasteiger partial charge on any atom is -0.497 e. The van der Waals surface area contributed by atoms with Gasteiger partial charge in [-0.2, -0.15) is 0 Å². The zero-order valence-corrected chi connectivity index (χ0v) is 19.0. The number of ether oxygens (including phenoxy) is 2. The lowest BCUT2D eigenvalue weighted by Gasteiger charge is -2.11. The Labute approximate surface area is 200 Å². The molecule has 1 aromatic heterocycles. The van der Waals surface area contributed by atoms with Crippen molar-refractivity contribution in [3.05, 3.63) is 93.7 Å². The second kappa shape index (κ2) is 9.94. The summed E-state index contributed by atoms with van der Waals surface area (Å²) in [6.45, 7) is 0.343. The van der Waals surface area contributed by atoms with Crippen LogP contribution in [0.2, 0.25) is 10.0 Å². The summed E-state index contributed by atoms with van der Waals surface area (Å²) in [5.74, 6) is 0.147. The highest BCUT2D eigenvalue weighted by atomic mass is 35.5. The van der Waals surface area contributed by atoms with Crippen LogP contribution >= 0.6 is 23.2 Å². The van der Waals surface area contributed by atoms with Crippen molar-refractivity contribution in [1.82, 2.24) is 15.0 Å². The number of nitrogens with zero attached hydrogens (tertiary/aromatic N) is 3. The van der Waals surface area contributed by atoms with Gasteiger partial charge in [0.05, 0.1) is 23.7 Å². The fourth-order valence-electron chi connectivity index (χ4n) is 3.24. The second-order valence-corrected chi connectivity index (χ2v) is 7.95. The van der Waals surface area contributed by atoms with Crippen molar-refractivity contribution >= 4 is 29.2 Å². The topological polar surface area (TPSA) is 86.5 Å². The third kappa shape index (κ3) is 5.27. The van der Waals surface area contributed by atoms with Crippen LogP contribution in [0.3, 0.4) is 0 Å². The Hall–Kier alpha value is -3.55. The van der Waals surface area contributed by atoms with E-state index in [2.05, 4.69) is 10.3 Å². The summed E-state index contributed by atoms with van der Waals surface area (Å²) >= 11 is 12.1. The molecule has 1 N–H and O–H groups in total. The summed E-state index contributed by atoms with van der Waals surface area (Å²) in [4.78, 5) is 11.6. The molecule has 168 valence electrons. The molecule has 4 aromatic rings. The summed E-state index contributed by atoms with van der Waals surface area (Å²) in [7, 11) is 1.60. The number of carbonyl (C=O) groups is 1. The van der Waals surface area contributed by atoms with E-state index in [-0.39, 0.29) is 12.3 Å². The Bertz CT molecular complexity index is 1270. The Balaban J connectivity index is 1.50. The van der Waals surface area contributed by atoms with Gasteiger partial charge in [-0.3, -0.25) is 0 Å². The van der Waals surface area contributed by atoms with Gasteiger partial charge in [0.25, 0.3) is 0 Å². The molecule has 0 radical (unpaired) electrons. The van der Waals surface area contributed by atoms with Crippen LogP contribution in [0.25, 0.3) is 11.1 Å². The Morgan fingerprint density at radius 3 is 2.24 bits per heavy atom. The number of halogens is 2. The van der Waals surface area contributed by atoms with Gasteiger partial charge < -0.3 is 14.6 Å². The van der Waals surface area contributed by atoms with Crippen LogP contribution in [-0.2, 0) is 13.2 Å². The summed E-state index contributed by atoms with van der Waals surface area (Å²) in [6, 6.07) is 20.2. The van der Waals surface area contributed by atoms with Gasteiger partial charge in [-0.25, -0.2) is 9.48 Å². The van der Waals surface area contributed by atoms with E-state index in [1.165, 1.54) is 4.68 Å². The first kappa shape index (κ1) is 22.6. The fraction of sp³-hybridized carbons (Fsp3) is 0.125. The minimum absolute atomic E-state index is 0.00307. The lowest BCUT2D eigenvalue weighted by atomic mass is 10.1. The lowest BCUT2D eigenvalue weighted by Crippen LogP contribution is -2.12. The van der Waals surface area contributed by atoms with Crippen LogP contribution in [0.4, 0.5) is 0 Å². The molecule has 0 aliphatic heterocycles. The summed E-state index contributed by atoms with van der Waals surface area (Å²) in [5.41, 5.74) is 3.01. The Morgan fingerprint density at radius 2 is 1.61 bits per heavy atom. The molecule has 9 heteroatoms. The predicted octanol–water partition coefficient (Wildman–Crippen LogP) is 5.59. The maximum atomic E-state index is 11.6. The first-order valence-electron chi connectivity index (χ1n) is 9.91. The molecule has 3 aromatic carbocycles. The third-order valence-electron chi connectivity index (χ3n) is 5.01. The van der Waals surface area contributed by atoms with E-state index in [0.717, 1.165) is 22.4 Å². The molecule has 0 fully saturated rings. The predicted molar refractivity (Wildman–Crippen MR) is 125 cm³/mol. The van der Waals surface area contributed by atoms with E-state index >= 15 is 0 Å². The molecule has 7 nitrogen and oxygen atoms in total. The number of carboxylic acid groups (broad SMARTS) is 1. The molecule has 0 atom stereocenters. The molecular formula is C24H19Cl2N3O4. The summed E-state index contributed by atoms with van der Waals surface area (Å²) in [6.07, 6.45) is 0. The third-order valence-corrected chi connectivity index (χ3v) is 5.75. The molecule has 0 aliphatic carbocycles. The molecule has 0 aliphatic rings. The second-order valence-electron chi connectivity index (χ2n) is 7.14. The lowest BCUT2D eigenvalue weighted by molar-refractivity contribution is 0.0687. The minimum atomic E-state index is -1.16. The maximum absolute atomic E-state index is 11.6. The van der Waals surface area contributed by atoms with Gasteiger partial charge in [0.1, 0.15) is 23.8 Å². The molecule has 33 heavy (non-hydrogen) atoms. The van der Waals surface area contributed by atoms with Crippen molar-refractivity contribution in [3.63, 3.8) is 0 Å². The van der Waals surface area contributed by atoms with Gasteiger partial charge in [-0.15, -0.1) is 5.10 Å². The van der Waals surface area contributed by atoms with Crippen LogP contribution in [-0.4, -0.2) is 33.2 Å². The zero-order valence-electron chi connectivity index (χ0n) is 17.5. The van der Waals surface area contributed by atoms with Crippen LogP contribution in [0.1, 0.15) is 21.7 Å². The van der Waals surface area contributed by atoms with Gasteiger partial charge in [-0.1, -0.05) is 58.7 Å². The highest BCUT2D eigenvalue weighted by Gasteiger charge is 2.20. The number of hydrogen-bond donors (Lipinski definition) is 1. The highest BCUT2D eigenvalue weighted by molar-refractivity contribution is 6.42. The molecule has 0 bridgehead atoms. The number of rotatable bonds is 8. The first-order valence-corrected chi connectivity index (χ1v) is 10.7. The van der Waals surface area contributed by atoms with Gasteiger partial charge >= 0.3 is 5.97 Å². The Kier molecular flexibility index (Phi) is 6.82. The fourth-order valence-corrected chi connectivity index (χ4v) is 3.54. The van der Waals surface area contributed by atoms with Crippen molar-refractivity contribution in [3.8, 4) is 22.6 Å². The van der Waals surface area contributed by atoms with Crippen molar-refractivity contribution in [1.29, 1.82) is 0 Å². The average Bonchev–Trinajstić information content (AvgIpc) is 3.23. The van der Waals surface area contributed by atoms with Crippen LogP contribution in [0.15, 0.2) is 66.7 Å². The normalized spacial score (nSPS) is 10.8. The molecule has 0 saturated carbocycles. The maximum Gasteiger partial charge on any atom is 0.358 e. The Morgan fingerprint density at radius 1 is 0.939 bits per heavy atom. The van der Waals surface area contributed by atoms with Crippen LogP contribution in [0.5, 0.6) is 11.5 Å². The van der Waals surface area contributed by atoms with Crippen molar-refractivity contribution in [2.24, 2.45) is 0 Å². The van der Waals surface area contributed by atoms with E-state index in [1.807, 2.05) is 42.5 Å². The highest BCUT2D eigenvalue weighted by Crippen LogP contribution is 2.29. The van der Waals surface area contributed by atoms with E-state index < -0.39 is 5.97 Å². The molecule has 1 heterocycles. The number of aromatic carboxylic acids is 1. The summed E-state index contributed by atoms with van der Waals surface area (Å²) < 4.78 is 12.6. The number of hydrogen-bond acceptors (Lipinski definition) is 5. The molecule has 0 unspecified atom stereocenters. The summed E-state index contributed by atoms with van der Waals surface area (Å²) in [5, 5.41) is 18.3. The van der Waals surface area contributed by atoms with Gasteiger partial charge in [0.2, 0.25) is 0 Å². The van der Waals surface area contributed by atoms with Crippen LogP contribution in [0, 0.1) is 0 Å². The van der Waals surface area contributed by atoms with E-state index in [0.29, 0.717) is 28.0 Å². The van der Waals surface area contributed by atoms with E-state index in [4.69, 9.17) is 32.7 Å². The largest absolute Gasteiger partial charge is 0.497 e. The average molecular weight is 484 g/mol. The van der Waals surface area contributed by atoms with Crippen molar-refractivity contribution < 1.29 is 19.4 Å². The van der Waals surface area contributed by atoms with Crippen LogP contribution < -0.4 is 9.47 Å². The van der Waals surface area contributed by atoms with Gasteiger partial charge in [0, 0.05) is 0 Å². The van der Waals surface area contributed by atoms with E-state index in [1.54, 1.807) is 31.4 Å². The monoisotopic (exact) mass is 483 g/mol. The molecular weight excluding hydrogens is 465 g/mol.